The molecule has 0 aliphatic rings. The zero-order valence-corrected chi connectivity index (χ0v) is 10.2. The van der Waals surface area contributed by atoms with Gasteiger partial charge in [-0.25, -0.2) is 4.98 Å². The van der Waals surface area contributed by atoms with Crippen LogP contribution in [0.3, 0.4) is 0 Å². The number of carbonyl (C=O) groups is 1. The third-order valence-electron chi connectivity index (χ3n) is 2.74. The van der Waals surface area contributed by atoms with E-state index in [1.165, 1.54) is 0 Å². The molecule has 1 aromatic heterocycles. The van der Waals surface area contributed by atoms with Gasteiger partial charge in [-0.2, -0.15) is 0 Å². The largest absolute Gasteiger partial charge is 0.342 e. The van der Waals surface area contributed by atoms with Crippen LogP contribution in [-0.2, 0) is 0 Å². The number of H-pyrrole nitrogens is 1. The summed E-state index contributed by atoms with van der Waals surface area (Å²) in [5.41, 5.74) is 7.89. The van der Waals surface area contributed by atoms with E-state index in [-0.39, 0.29) is 5.78 Å². The van der Waals surface area contributed by atoms with Crippen molar-refractivity contribution in [2.24, 2.45) is 5.73 Å². The molecule has 0 saturated carbocycles. The lowest BCUT2D eigenvalue weighted by atomic mass is 10.1. The predicted octanol–water partition coefficient (Wildman–Crippen LogP) is 2.22. The van der Waals surface area contributed by atoms with Gasteiger partial charge in [-0.05, 0) is 24.7 Å². The van der Waals surface area contributed by atoms with Gasteiger partial charge in [0.25, 0.3) is 0 Å². The van der Waals surface area contributed by atoms with Gasteiger partial charge in [0.15, 0.2) is 5.78 Å². The molecular weight excluding hydrogens is 214 g/mol. The lowest BCUT2D eigenvalue weighted by molar-refractivity contribution is 0.0985. The van der Waals surface area contributed by atoms with Gasteiger partial charge in [0.1, 0.15) is 5.82 Å². The Morgan fingerprint density at radius 1 is 1.47 bits per heavy atom. The molecule has 3 N–H and O–H groups in total. The molecule has 2 aromatic rings. The highest BCUT2D eigenvalue weighted by molar-refractivity contribution is 5.98. The molecule has 4 nitrogen and oxygen atoms in total. The zero-order chi connectivity index (χ0) is 12.4. The predicted molar refractivity (Wildman–Crippen MR) is 68.2 cm³/mol. The molecule has 17 heavy (non-hydrogen) atoms. The second kappa shape index (κ2) is 4.67. The summed E-state index contributed by atoms with van der Waals surface area (Å²) >= 11 is 0. The first-order valence-electron chi connectivity index (χ1n) is 5.84. The number of aromatic amines is 1. The van der Waals surface area contributed by atoms with E-state index in [9.17, 15) is 4.79 Å². The molecule has 90 valence electrons. The Labute approximate surface area is 100 Å². The Bertz CT molecular complexity index is 543. The first-order chi connectivity index (χ1) is 8.11. The molecule has 0 atom stereocenters. The number of aromatic nitrogens is 2. The number of benzene rings is 1. The summed E-state index contributed by atoms with van der Waals surface area (Å²) in [5, 5.41) is 0. The zero-order valence-electron chi connectivity index (χ0n) is 10.2. The van der Waals surface area contributed by atoms with Gasteiger partial charge >= 0.3 is 0 Å². The molecule has 0 unspecified atom stereocenters. The van der Waals surface area contributed by atoms with E-state index in [1.807, 2.05) is 18.2 Å². The van der Waals surface area contributed by atoms with Crippen LogP contribution >= 0.6 is 0 Å². The molecule has 0 aliphatic heterocycles. The molecule has 4 heteroatoms. The number of hydrogen-bond donors (Lipinski definition) is 2. The molecule has 0 bridgehead atoms. The van der Waals surface area contributed by atoms with Crippen molar-refractivity contribution in [3.63, 3.8) is 0 Å². The Hall–Kier alpha value is -1.68. The van der Waals surface area contributed by atoms with Crippen molar-refractivity contribution in [1.82, 2.24) is 9.97 Å². The van der Waals surface area contributed by atoms with E-state index >= 15 is 0 Å². The number of ketones is 1. The van der Waals surface area contributed by atoms with E-state index in [0.29, 0.717) is 24.4 Å². The maximum absolute atomic E-state index is 11.7. The van der Waals surface area contributed by atoms with Crippen LogP contribution in [-0.4, -0.2) is 22.3 Å². The number of Topliss-reactive ketones (excluding diaryl/α,β-unsaturated/α-hetero) is 1. The minimum Gasteiger partial charge on any atom is -0.342 e. The minimum absolute atomic E-state index is 0.0788. The number of nitrogens with zero attached hydrogens (tertiary/aromatic N) is 1. The summed E-state index contributed by atoms with van der Waals surface area (Å²) in [6, 6.07) is 5.54. The van der Waals surface area contributed by atoms with Gasteiger partial charge in [-0.15, -0.1) is 0 Å². The number of nitrogens with two attached hydrogens (primary N) is 1. The number of fused-ring (bicyclic) bond motifs is 1. The number of carbonyl (C=O) groups excluding carboxylic acids is 1. The summed E-state index contributed by atoms with van der Waals surface area (Å²) in [5.74, 6) is 1.38. The Morgan fingerprint density at radius 2 is 2.24 bits per heavy atom. The van der Waals surface area contributed by atoms with Crippen molar-refractivity contribution in [3.8, 4) is 0 Å². The van der Waals surface area contributed by atoms with Crippen molar-refractivity contribution < 1.29 is 4.79 Å². The molecule has 0 spiro atoms. The fraction of sp³-hybridized carbons (Fsp3) is 0.385. The summed E-state index contributed by atoms with van der Waals surface area (Å²) < 4.78 is 0. The van der Waals surface area contributed by atoms with E-state index < -0.39 is 0 Å². The lowest BCUT2D eigenvalue weighted by Crippen LogP contribution is -2.07. The van der Waals surface area contributed by atoms with E-state index in [0.717, 1.165) is 16.9 Å². The maximum atomic E-state index is 11.7. The van der Waals surface area contributed by atoms with Gasteiger partial charge in [-0.3, -0.25) is 4.79 Å². The molecular formula is C13H17N3O. The van der Waals surface area contributed by atoms with Gasteiger partial charge in [0.2, 0.25) is 0 Å². The fourth-order valence-corrected chi connectivity index (χ4v) is 1.75. The quantitative estimate of drug-likeness (QED) is 0.792. The third-order valence-corrected chi connectivity index (χ3v) is 2.74. The Morgan fingerprint density at radius 3 is 2.88 bits per heavy atom. The molecule has 2 rings (SSSR count). The summed E-state index contributed by atoms with van der Waals surface area (Å²) in [6.07, 6.45) is 0.386. The fourth-order valence-electron chi connectivity index (χ4n) is 1.75. The van der Waals surface area contributed by atoms with Gasteiger partial charge in [0, 0.05) is 17.9 Å². The average molecular weight is 231 g/mol. The van der Waals surface area contributed by atoms with E-state index in [1.54, 1.807) is 0 Å². The molecule has 0 aliphatic carbocycles. The number of imidazole rings is 1. The van der Waals surface area contributed by atoms with Crippen LogP contribution in [0.5, 0.6) is 0 Å². The van der Waals surface area contributed by atoms with Crippen LogP contribution < -0.4 is 5.73 Å². The van der Waals surface area contributed by atoms with Crippen molar-refractivity contribution in [2.75, 3.05) is 6.54 Å². The molecule has 0 saturated heterocycles. The van der Waals surface area contributed by atoms with E-state index in [2.05, 4.69) is 23.8 Å². The van der Waals surface area contributed by atoms with Gasteiger partial charge in [-0.1, -0.05) is 13.8 Å². The number of rotatable bonds is 4. The normalized spacial score (nSPS) is 11.3. The first kappa shape index (κ1) is 11.8. The third kappa shape index (κ3) is 2.36. The van der Waals surface area contributed by atoms with Crippen molar-refractivity contribution in [3.05, 3.63) is 29.6 Å². The molecule has 0 fully saturated rings. The second-order valence-electron chi connectivity index (χ2n) is 4.47. The standard InChI is InChI=1S/C13H17N3O/c1-8(2)13-15-10-4-3-9(7-11(10)16-13)12(17)5-6-14/h3-4,7-8H,5-6,14H2,1-2H3,(H,15,16). The van der Waals surface area contributed by atoms with Crippen LogP contribution in [0.2, 0.25) is 0 Å². The monoisotopic (exact) mass is 231 g/mol. The topological polar surface area (TPSA) is 71.8 Å². The summed E-state index contributed by atoms with van der Waals surface area (Å²) in [4.78, 5) is 19.4. The minimum atomic E-state index is 0.0788. The highest BCUT2D eigenvalue weighted by Crippen LogP contribution is 2.18. The van der Waals surface area contributed by atoms with Crippen molar-refractivity contribution in [1.29, 1.82) is 0 Å². The Kier molecular flexibility index (Phi) is 3.24. The molecule has 1 heterocycles. The summed E-state index contributed by atoms with van der Waals surface area (Å²) in [7, 11) is 0. The van der Waals surface area contributed by atoms with Crippen LogP contribution in [0.25, 0.3) is 11.0 Å². The SMILES string of the molecule is CC(C)c1nc2ccc(C(=O)CCN)cc2[nH]1. The van der Waals surface area contributed by atoms with Crippen LogP contribution in [0.15, 0.2) is 18.2 Å². The lowest BCUT2D eigenvalue weighted by Gasteiger charge is -1.98. The smallest absolute Gasteiger partial charge is 0.164 e. The highest BCUT2D eigenvalue weighted by atomic mass is 16.1. The summed E-state index contributed by atoms with van der Waals surface area (Å²) in [6.45, 7) is 4.55. The molecule has 0 radical (unpaired) electrons. The van der Waals surface area contributed by atoms with E-state index in [4.69, 9.17) is 5.73 Å². The van der Waals surface area contributed by atoms with Crippen molar-refractivity contribution >= 4 is 16.8 Å². The molecule has 1 aromatic carbocycles. The van der Waals surface area contributed by atoms with Crippen LogP contribution in [0.1, 0.15) is 42.4 Å². The van der Waals surface area contributed by atoms with Crippen LogP contribution in [0, 0.1) is 0 Å². The molecule has 0 amide bonds. The Balaban J connectivity index is 2.40. The van der Waals surface area contributed by atoms with Gasteiger partial charge < -0.3 is 10.7 Å². The van der Waals surface area contributed by atoms with Crippen molar-refractivity contribution in [2.45, 2.75) is 26.2 Å². The van der Waals surface area contributed by atoms with Gasteiger partial charge in [0.05, 0.1) is 11.0 Å². The average Bonchev–Trinajstić information content (AvgIpc) is 2.71. The number of hydrogen-bond acceptors (Lipinski definition) is 3. The highest BCUT2D eigenvalue weighted by Gasteiger charge is 2.09. The maximum Gasteiger partial charge on any atom is 0.164 e. The number of nitrogens with one attached hydrogen (secondary N) is 1. The van der Waals surface area contributed by atoms with Crippen LogP contribution in [0.4, 0.5) is 0 Å². The second-order valence-corrected chi connectivity index (χ2v) is 4.47. The first-order valence-corrected chi connectivity index (χ1v) is 5.84.